The molecule has 3 heteroatoms. The van der Waals surface area contributed by atoms with Crippen LogP contribution in [-0.4, -0.2) is 13.2 Å². The molecule has 0 atom stereocenters. The molecule has 0 saturated carbocycles. The maximum absolute atomic E-state index is 13.0. The van der Waals surface area contributed by atoms with E-state index < -0.39 is 0 Å². The van der Waals surface area contributed by atoms with E-state index in [4.69, 9.17) is 4.74 Å². The van der Waals surface area contributed by atoms with Crippen molar-refractivity contribution >= 4 is 5.69 Å². The summed E-state index contributed by atoms with van der Waals surface area (Å²) in [5.41, 5.74) is 2.03. The Morgan fingerprint density at radius 1 is 1.10 bits per heavy atom. The highest BCUT2D eigenvalue weighted by molar-refractivity contribution is 5.42. The maximum atomic E-state index is 13.0. The lowest BCUT2D eigenvalue weighted by atomic mass is 10.0. The third kappa shape index (κ3) is 4.26. The second kappa shape index (κ2) is 6.94. The molecule has 2 aromatic rings. The zero-order chi connectivity index (χ0) is 14.4. The quantitative estimate of drug-likeness (QED) is 0.786. The lowest BCUT2D eigenvalue weighted by molar-refractivity contribution is 0.332. The van der Waals surface area contributed by atoms with Gasteiger partial charge in [-0.2, -0.15) is 0 Å². The zero-order valence-corrected chi connectivity index (χ0v) is 11.9. The van der Waals surface area contributed by atoms with Gasteiger partial charge in [-0.25, -0.2) is 4.39 Å². The van der Waals surface area contributed by atoms with Crippen LogP contribution in [0, 0.1) is 5.82 Å². The molecule has 20 heavy (non-hydrogen) atoms. The van der Waals surface area contributed by atoms with Crippen molar-refractivity contribution in [1.29, 1.82) is 0 Å². The summed E-state index contributed by atoms with van der Waals surface area (Å²) in [5, 5.41) is 3.13. The highest BCUT2D eigenvalue weighted by atomic mass is 19.1. The first kappa shape index (κ1) is 14.4. The fraction of sp³-hybridized carbons (Fsp3) is 0.294. The van der Waals surface area contributed by atoms with Crippen LogP contribution >= 0.6 is 0 Å². The van der Waals surface area contributed by atoms with E-state index in [0.717, 1.165) is 11.4 Å². The Hall–Kier alpha value is -2.03. The lowest BCUT2D eigenvalue weighted by Gasteiger charge is -2.11. The number of benzene rings is 2. The van der Waals surface area contributed by atoms with Gasteiger partial charge >= 0.3 is 0 Å². The predicted octanol–water partition coefficient (Wildman–Crippen LogP) is 4.44. The Morgan fingerprint density at radius 3 is 2.65 bits per heavy atom. The molecule has 0 saturated heterocycles. The molecule has 2 rings (SSSR count). The fourth-order valence-corrected chi connectivity index (χ4v) is 1.93. The molecule has 1 N–H and O–H groups in total. The molecule has 106 valence electrons. The number of nitrogens with one attached hydrogen (secondary N) is 1. The molecular weight excluding hydrogens is 253 g/mol. The van der Waals surface area contributed by atoms with Crippen LogP contribution < -0.4 is 10.1 Å². The van der Waals surface area contributed by atoms with Gasteiger partial charge < -0.3 is 10.1 Å². The van der Waals surface area contributed by atoms with Gasteiger partial charge in [0, 0.05) is 12.2 Å². The Balaban J connectivity index is 1.80. The fourth-order valence-electron chi connectivity index (χ4n) is 1.93. The Kier molecular flexibility index (Phi) is 4.99. The second-order valence-corrected chi connectivity index (χ2v) is 5.01. The van der Waals surface area contributed by atoms with Gasteiger partial charge in [0.2, 0.25) is 0 Å². The van der Waals surface area contributed by atoms with Gasteiger partial charge in [0.15, 0.2) is 0 Å². The van der Waals surface area contributed by atoms with Crippen molar-refractivity contribution in [2.75, 3.05) is 18.5 Å². The SMILES string of the molecule is CC(C)c1cccc(OCCNc2cccc(F)c2)c1. The highest BCUT2D eigenvalue weighted by Crippen LogP contribution is 2.20. The van der Waals surface area contributed by atoms with E-state index in [1.165, 1.54) is 17.7 Å². The molecular formula is C17H20FNO. The van der Waals surface area contributed by atoms with E-state index in [9.17, 15) is 4.39 Å². The molecule has 2 nitrogen and oxygen atoms in total. The van der Waals surface area contributed by atoms with Gasteiger partial charge in [-0.05, 0) is 41.8 Å². The van der Waals surface area contributed by atoms with Crippen LogP contribution in [-0.2, 0) is 0 Å². The van der Waals surface area contributed by atoms with E-state index in [1.807, 2.05) is 18.2 Å². The maximum Gasteiger partial charge on any atom is 0.125 e. The van der Waals surface area contributed by atoms with Crippen LogP contribution in [0.25, 0.3) is 0 Å². The van der Waals surface area contributed by atoms with Crippen molar-refractivity contribution < 1.29 is 9.13 Å². The van der Waals surface area contributed by atoms with Crippen molar-refractivity contribution in [2.24, 2.45) is 0 Å². The Labute approximate surface area is 119 Å². The minimum atomic E-state index is -0.236. The van der Waals surface area contributed by atoms with Crippen molar-refractivity contribution in [3.63, 3.8) is 0 Å². The van der Waals surface area contributed by atoms with E-state index in [-0.39, 0.29) is 5.82 Å². The molecule has 0 unspecified atom stereocenters. The first-order valence-corrected chi connectivity index (χ1v) is 6.87. The largest absolute Gasteiger partial charge is 0.492 e. The summed E-state index contributed by atoms with van der Waals surface area (Å²) in [4.78, 5) is 0. The van der Waals surface area contributed by atoms with Gasteiger partial charge in [-0.1, -0.05) is 32.0 Å². The first-order valence-electron chi connectivity index (χ1n) is 6.87. The molecule has 0 spiro atoms. The number of hydrogen-bond acceptors (Lipinski definition) is 2. The van der Waals surface area contributed by atoms with Gasteiger partial charge in [-0.3, -0.25) is 0 Å². The lowest BCUT2D eigenvalue weighted by Crippen LogP contribution is -2.11. The van der Waals surface area contributed by atoms with Gasteiger partial charge in [0.25, 0.3) is 0 Å². The van der Waals surface area contributed by atoms with Crippen molar-refractivity contribution in [3.8, 4) is 5.75 Å². The Morgan fingerprint density at radius 2 is 1.90 bits per heavy atom. The molecule has 0 aliphatic heterocycles. The predicted molar refractivity (Wildman–Crippen MR) is 80.9 cm³/mol. The van der Waals surface area contributed by atoms with Crippen molar-refractivity contribution in [1.82, 2.24) is 0 Å². The average molecular weight is 273 g/mol. The third-order valence-corrected chi connectivity index (χ3v) is 3.05. The number of rotatable bonds is 6. The molecule has 0 bridgehead atoms. The van der Waals surface area contributed by atoms with Gasteiger partial charge in [0.1, 0.15) is 18.2 Å². The minimum Gasteiger partial charge on any atom is -0.492 e. The minimum absolute atomic E-state index is 0.236. The summed E-state index contributed by atoms with van der Waals surface area (Å²) in [6, 6.07) is 14.5. The van der Waals surface area contributed by atoms with E-state index in [2.05, 4.69) is 31.3 Å². The Bertz CT molecular complexity index is 554. The van der Waals surface area contributed by atoms with Crippen LogP contribution in [0.4, 0.5) is 10.1 Å². The van der Waals surface area contributed by atoms with E-state index in [0.29, 0.717) is 19.1 Å². The topological polar surface area (TPSA) is 21.3 Å². The summed E-state index contributed by atoms with van der Waals surface area (Å²) < 4.78 is 18.7. The van der Waals surface area contributed by atoms with Crippen LogP contribution in [0.2, 0.25) is 0 Å². The summed E-state index contributed by atoms with van der Waals surface area (Å²) in [6.45, 7) is 5.49. The molecule has 0 radical (unpaired) electrons. The summed E-state index contributed by atoms with van der Waals surface area (Å²) in [5.74, 6) is 1.13. The first-order chi connectivity index (χ1) is 9.65. The highest BCUT2D eigenvalue weighted by Gasteiger charge is 2.01. The monoisotopic (exact) mass is 273 g/mol. The number of hydrogen-bond donors (Lipinski definition) is 1. The molecule has 0 heterocycles. The molecule has 0 fully saturated rings. The van der Waals surface area contributed by atoms with E-state index >= 15 is 0 Å². The summed E-state index contributed by atoms with van der Waals surface area (Å²) in [7, 11) is 0. The summed E-state index contributed by atoms with van der Waals surface area (Å²) >= 11 is 0. The molecule has 0 aliphatic carbocycles. The van der Waals surface area contributed by atoms with E-state index in [1.54, 1.807) is 6.07 Å². The van der Waals surface area contributed by atoms with Crippen LogP contribution in [0.1, 0.15) is 25.3 Å². The number of anilines is 1. The van der Waals surface area contributed by atoms with Crippen molar-refractivity contribution in [2.45, 2.75) is 19.8 Å². The number of halogens is 1. The van der Waals surface area contributed by atoms with Crippen LogP contribution in [0.5, 0.6) is 5.75 Å². The second-order valence-electron chi connectivity index (χ2n) is 5.01. The third-order valence-electron chi connectivity index (χ3n) is 3.05. The van der Waals surface area contributed by atoms with Crippen LogP contribution in [0.3, 0.4) is 0 Å². The van der Waals surface area contributed by atoms with Gasteiger partial charge in [0.05, 0.1) is 0 Å². The average Bonchev–Trinajstić information content (AvgIpc) is 2.44. The molecule has 0 amide bonds. The molecule has 0 aliphatic rings. The standard InChI is InChI=1S/C17H20FNO/c1-13(2)14-5-3-8-17(11-14)20-10-9-19-16-7-4-6-15(18)12-16/h3-8,11-13,19H,9-10H2,1-2H3. The number of ether oxygens (including phenoxy) is 1. The molecule has 2 aromatic carbocycles. The molecule has 0 aromatic heterocycles. The van der Waals surface area contributed by atoms with Crippen LogP contribution in [0.15, 0.2) is 48.5 Å². The normalized spacial score (nSPS) is 10.6. The van der Waals surface area contributed by atoms with Crippen molar-refractivity contribution in [3.05, 3.63) is 59.9 Å². The zero-order valence-electron chi connectivity index (χ0n) is 11.9. The van der Waals surface area contributed by atoms with Gasteiger partial charge in [-0.15, -0.1) is 0 Å². The summed E-state index contributed by atoms with van der Waals surface area (Å²) in [6.07, 6.45) is 0. The smallest absolute Gasteiger partial charge is 0.125 e.